The summed E-state index contributed by atoms with van der Waals surface area (Å²) in [5.41, 5.74) is 3.21. The number of phenols is 1. The third-order valence-electron chi connectivity index (χ3n) is 5.50. The van der Waals surface area contributed by atoms with Crippen LogP contribution < -0.4 is 20.1 Å². The number of fused-ring (bicyclic) bond motifs is 1. The number of pyridine rings is 1. The minimum Gasteiger partial charge on any atom is -0.508 e. The van der Waals surface area contributed by atoms with Gasteiger partial charge in [0.2, 0.25) is 0 Å². The van der Waals surface area contributed by atoms with Crippen LogP contribution in [-0.2, 0) is 6.42 Å². The summed E-state index contributed by atoms with van der Waals surface area (Å²) in [5.74, 6) is 0.151. The zero-order valence-corrected chi connectivity index (χ0v) is 20.2. The maximum Gasteiger partial charge on any atom is 0.255 e. The van der Waals surface area contributed by atoms with Gasteiger partial charge in [0.15, 0.2) is 17.3 Å². The second-order valence-corrected chi connectivity index (χ2v) is 7.65. The third kappa shape index (κ3) is 4.81. The molecule has 0 bridgehead atoms. The highest BCUT2D eigenvalue weighted by molar-refractivity contribution is 6.06. The molecule has 0 aliphatic carbocycles. The highest BCUT2D eigenvalue weighted by Gasteiger charge is 2.29. The molecule has 0 saturated heterocycles. The van der Waals surface area contributed by atoms with Crippen LogP contribution in [-0.4, -0.2) is 34.6 Å². The first-order valence-electron chi connectivity index (χ1n) is 11.6. The number of methoxy groups -OCH3 is 1. The average Bonchev–Trinajstić information content (AvgIpc) is 3.25. The molecule has 4 N–H and O–H groups in total. The highest BCUT2D eigenvalue weighted by atomic mass is 19.1. The maximum absolute atomic E-state index is 14.4. The van der Waals surface area contributed by atoms with Crippen molar-refractivity contribution in [2.24, 2.45) is 0 Å². The van der Waals surface area contributed by atoms with Crippen molar-refractivity contribution >= 4 is 17.3 Å². The monoisotopic (exact) mass is 490 g/mol. The second-order valence-electron chi connectivity index (χ2n) is 7.65. The SMILES string of the molecule is CC.COc1c(F)cccc1Nc1c(-c2ccncc2Oc2cccc(O)c2)[nH]c2c1C(=O)NCC2. The molecule has 36 heavy (non-hydrogen) atoms. The number of nitrogens with zero attached hydrogens (tertiary/aromatic N) is 1. The zero-order chi connectivity index (χ0) is 25.7. The van der Waals surface area contributed by atoms with E-state index in [1.807, 2.05) is 13.8 Å². The normalized spacial score (nSPS) is 12.1. The molecule has 2 aromatic carbocycles. The molecule has 4 aromatic rings. The number of benzene rings is 2. The lowest BCUT2D eigenvalue weighted by Crippen LogP contribution is -2.31. The van der Waals surface area contributed by atoms with Crippen molar-refractivity contribution in [1.29, 1.82) is 0 Å². The molecule has 0 spiro atoms. The minimum atomic E-state index is -0.528. The number of carbonyl (C=O) groups is 1. The van der Waals surface area contributed by atoms with Gasteiger partial charge < -0.3 is 30.2 Å². The zero-order valence-electron chi connectivity index (χ0n) is 20.2. The number of ether oxygens (including phenoxy) is 2. The standard InChI is InChI=1S/C25H21FN4O4.C2H6/c1-33-24-17(26)6-3-7-19(24)30-23-21-18(9-11-28-25(21)32)29-22(23)16-8-10-27-13-20(16)34-15-5-2-4-14(31)12-15;1-2/h2-8,10,12-13,29-31H,9,11H2,1H3,(H,28,32);1-2H3. The molecule has 1 amide bonds. The largest absolute Gasteiger partial charge is 0.508 e. The van der Waals surface area contributed by atoms with Gasteiger partial charge in [0.1, 0.15) is 11.5 Å². The van der Waals surface area contributed by atoms with Crippen LogP contribution in [0.3, 0.4) is 0 Å². The number of phenolic OH excluding ortho intramolecular Hbond substituents is 1. The average molecular weight is 491 g/mol. The van der Waals surface area contributed by atoms with E-state index in [1.54, 1.807) is 48.8 Å². The number of hydrogen-bond donors (Lipinski definition) is 4. The Morgan fingerprint density at radius 1 is 1.14 bits per heavy atom. The van der Waals surface area contributed by atoms with E-state index < -0.39 is 5.82 Å². The number of H-pyrrole nitrogens is 1. The maximum atomic E-state index is 14.4. The van der Waals surface area contributed by atoms with Crippen molar-refractivity contribution in [2.75, 3.05) is 19.0 Å². The van der Waals surface area contributed by atoms with Gasteiger partial charge in [-0.3, -0.25) is 9.78 Å². The van der Waals surface area contributed by atoms with Crippen LogP contribution >= 0.6 is 0 Å². The molecule has 0 radical (unpaired) electrons. The Morgan fingerprint density at radius 2 is 1.94 bits per heavy atom. The first kappa shape index (κ1) is 24.6. The van der Waals surface area contributed by atoms with Crippen LogP contribution in [0.2, 0.25) is 0 Å². The third-order valence-corrected chi connectivity index (χ3v) is 5.50. The van der Waals surface area contributed by atoms with Gasteiger partial charge in [0.05, 0.1) is 35.9 Å². The molecule has 5 rings (SSSR count). The topological polar surface area (TPSA) is 108 Å². The Balaban J connectivity index is 0.00000148. The number of para-hydroxylation sites is 1. The van der Waals surface area contributed by atoms with E-state index in [0.29, 0.717) is 52.7 Å². The predicted octanol–water partition coefficient (Wildman–Crippen LogP) is 5.78. The summed E-state index contributed by atoms with van der Waals surface area (Å²) in [4.78, 5) is 20.3. The van der Waals surface area contributed by atoms with Crippen molar-refractivity contribution in [1.82, 2.24) is 15.3 Å². The van der Waals surface area contributed by atoms with Gasteiger partial charge in [-0.15, -0.1) is 0 Å². The number of aromatic amines is 1. The Bertz CT molecular complexity index is 1390. The van der Waals surface area contributed by atoms with Gasteiger partial charge in [0, 0.05) is 36.5 Å². The number of nitrogens with one attached hydrogen (secondary N) is 3. The molecule has 1 aliphatic rings. The lowest BCUT2D eigenvalue weighted by atomic mass is 10.0. The number of hydrogen-bond acceptors (Lipinski definition) is 6. The molecule has 0 fully saturated rings. The number of aromatic nitrogens is 2. The van der Waals surface area contributed by atoms with Crippen LogP contribution in [0.4, 0.5) is 15.8 Å². The van der Waals surface area contributed by atoms with Gasteiger partial charge in [-0.2, -0.15) is 0 Å². The van der Waals surface area contributed by atoms with E-state index in [-0.39, 0.29) is 17.4 Å². The summed E-state index contributed by atoms with van der Waals surface area (Å²) < 4.78 is 25.6. The summed E-state index contributed by atoms with van der Waals surface area (Å²) in [7, 11) is 1.38. The molecule has 3 heterocycles. The van der Waals surface area contributed by atoms with E-state index in [9.17, 15) is 14.3 Å². The van der Waals surface area contributed by atoms with Crippen LogP contribution in [0.1, 0.15) is 29.9 Å². The van der Waals surface area contributed by atoms with Crippen LogP contribution in [0.25, 0.3) is 11.3 Å². The van der Waals surface area contributed by atoms with Crippen molar-refractivity contribution in [2.45, 2.75) is 20.3 Å². The summed E-state index contributed by atoms with van der Waals surface area (Å²) in [6.45, 7) is 4.50. The quantitative estimate of drug-likeness (QED) is 0.273. The minimum absolute atomic E-state index is 0.0329. The fraction of sp³-hybridized carbons (Fsp3) is 0.185. The summed E-state index contributed by atoms with van der Waals surface area (Å²) in [6.07, 6.45) is 3.76. The first-order valence-corrected chi connectivity index (χ1v) is 11.6. The number of rotatable bonds is 6. The smallest absolute Gasteiger partial charge is 0.255 e. The van der Waals surface area contributed by atoms with E-state index in [4.69, 9.17) is 9.47 Å². The molecule has 8 nitrogen and oxygen atoms in total. The fourth-order valence-corrected chi connectivity index (χ4v) is 4.00. The molecule has 0 saturated carbocycles. The Kier molecular flexibility index (Phi) is 7.39. The number of anilines is 2. The Labute approximate surface area is 208 Å². The van der Waals surface area contributed by atoms with Gasteiger partial charge in [0.25, 0.3) is 5.91 Å². The molecule has 2 aromatic heterocycles. The van der Waals surface area contributed by atoms with E-state index >= 15 is 0 Å². The van der Waals surface area contributed by atoms with Crippen molar-refractivity contribution in [3.8, 4) is 34.3 Å². The van der Waals surface area contributed by atoms with Crippen molar-refractivity contribution in [3.05, 3.63) is 78.0 Å². The lowest BCUT2D eigenvalue weighted by Gasteiger charge is -2.17. The number of halogens is 1. The molecule has 9 heteroatoms. The fourth-order valence-electron chi connectivity index (χ4n) is 4.00. The molecule has 1 aliphatic heterocycles. The molecular weight excluding hydrogens is 463 g/mol. The van der Waals surface area contributed by atoms with Gasteiger partial charge >= 0.3 is 0 Å². The Hall–Kier alpha value is -4.53. The molecule has 0 unspecified atom stereocenters. The van der Waals surface area contributed by atoms with E-state index in [1.165, 1.54) is 19.2 Å². The van der Waals surface area contributed by atoms with E-state index in [0.717, 1.165) is 5.69 Å². The second kappa shape index (κ2) is 10.8. The highest BCUT2D eigenvalue weighted by Crippen LogP contribution is 2.42. The van der Waals surface area contributed by atoms with Crippen LogP contribution in [0.5, 0.6) is 23.0 Å². The van der Waals surface area contributed by atoms with Crippen LogP contribution in [0, 0.1) is 5.82 Å². The summed E-state index contributed by atoms with van der Waals surface area (Å²) in [5, 5.41) is 15.8. The summed E-state index contributed by atoms with van der Waals surface area (Å²) in [6, 6.07) is 12.7. The van der Waals surface area contributed by atoms with E-state index in [2.05, 4.69) is 20.6 Å². The number of amides is 1. The van der Waals surface area contributed by atoms with Crippen LogP contribution in [0.15, 0.2) is 60.9 Å². The van der Waals surface area contributed by atoms with Gasteiger partial charge in [-0.1, -0.05) is 26.0 Å². The Morgan fingerprint density at radius 3 is 2.72 bits per heavy atom. The van der Waals surface area contributed by atoms with Crippen molar-refractivity contribution < 1.29 is 23.8 Å². The molecule has 186 valence electrons. The first-order chi connectivity index (χ1) is 17.5. The van der Waals surface area contributed by atoms with Gasteiger partial charge in [-0.25, -0.2) is 4.39 Å². The van der Waals surface area contributed by atoms with Gasteiger partial charge in [-0.05, 0) is 30.3 Å². The lowest BCUT2D eigenvalue weighted by molar-refractivity contribution is 0.0947. The molecule has 0 atom stereocenters. The number of carbonyl (C=O) groups excluding carboxylic acids is 1. The number of aromatic hydroxyl groups is 1. The summed E-state index contributed by atoms with van der Waals surface area (Å²) >= 11 is 0. The van der Waals surface area contributed by atoms with Crippen molar-refractivity contribution in [3.63, 3.8) is 0 Å². The predicted molar refractivity (Wildman–Crippen MR) is 136 cm³/mol. The molecular formula is C27H27FN4O4.